The minimum atomic E-state index is -0.0923. The number of para-hydroxylation sites is 1. The number of nitrogens with zero attached hydrogens (tertiary/aromatic N) is 3. The number of nitriles is 1. The largest absolute Gasteiger partial charge is 0.455 e. The quantitative estimate of drug-likeness (QED) is 0.456. The normalized spacial score (nSPS) is 14.0. The Labute approximate surface area is 179 Å². The van der Waals surface area contributed by atoms with Crippen molar-refractivity contribution < 1.29 is 8.83 Å². The van der Waals surface area contributed by atoms with Crippen LogP contribution >= 0.6 is 0 Å². The average Bonchev–Trinajstić information content (AvgIpc) is 3.26. The Kier molecular flexibility index (Phi) is 4.79. The summed E-state index contributed by atoms with van der Waals surface area (Å²) in [5.74, 6) is 1.30. The van der Waals surface area contributed by atoms with Gasteiger partial charge in [0.2, 0.25) is 17.5 Å². The van der Waals surface area contributed by atoms with Crippen LogP contribution in [0.4, 0.5) is 5.88 Å². The molecule has 0 bridgehead atoms. The number of anilines is 1. The SMILES string of the molecule is Cc1c(-c2ccccc2)oc2c(-c3nc(C#N)c(N4CCCCC4)o3)cccc2c1=O. The molecule has 0 unspecified atom stereocenters. The fraction of sp³-hybridized carbons (Fsp3) is 0.240. The highest BCUT2D eigenvalue weighted by molar-refractivity contribution is 5.91. The van der Waals surface area contributed by atoms with E-state index < -0.39 is 0 Å². The monoisotopic (exact) mass is 411 g/mol. The number of benzene rings is 2. The van der Waals surface area contributed by atoms with E-state index >= 15 is 0 Å². The summed E-state index contributed by atoms with van der Waals surface area (Å²) in [5.41, 5.74) is 2.51. The van der Waals surface area contributed by atoms with Gasteiger partial charge in [-0.3, -0.25) is 4.79 Å². The molecule has 0 atom stereocenters. The minimum Gasteiger partial charge on any atom is -0.455 e. The second-order valence-electron chi connectivity index (χ2n) is 7.77. The van der Waals surface area contributed by atoms with E-state index in [0.717, 1.165) is 31.5 Å². The van der Waals surface area contributed by atoms with Crippen LogP contribution in [0.2, 0.25) is 0 Å². The maximum Gasteiger partial charge on any atom is 0.235 e. The van der Waals surface area contributed by atoms with Crippen molar-refractivity contribution >= 4 is 16.9 Å². The lowest BCUT2D eigenvalue weighted by Crippen LogP contribution is -2.29. The van der Waals surface area contributed by atoms with Gasteiger partial charge in [0, 0.05) is 24.2 Å². The summed E-state index contributed by atoms with van der Waals surface area (Å²) < 4.78 is 12.4. The first kappa shape index (κ1) is 19.1. The van der Waals surface area contributed by atoms with Crippen molar-refractivity contribution in [2.24, 2.45) is 0 Å². The summed E-state index contributed by atoms with van der Waals surface area (Å²) in [6.45, 7) is 3.45. The van der Waals surface area contributed by atoms with Gasteiger partial charge >= 0.3 is 0 Å². The highest BCUT2D eigenvalue weighted by Crippen LogP contribution is 2.35. The standard InChI is InChI=1S/C25H21N3O3/c1-16-21(29)18-11-8-12-19(23(18)30-22(16)17-9-4-2-5-10-17)24-27-20(15-26)25(31-24)28-13-6-3-7-14-28/h2,4-5,8-12H,3,6-7,13-14H2,1H3. The molecule has 1 fully saturated rings. The van der Waals surface area contributed by atoms with Gasteiger partial charge in [-0.25, -0.2) is 0 Å². The zero-order valence-corrected chi connectivity index (χ0v) is 17.2. The summed E-state index contributed by atoms with van der Waals surface area (Å²) in [6.07, 6.45) is 3.29. The number of aromatic nitrogens is 1. The molecule has 0 aliphatic carbocycles. The number of rotatable bonds is 3. The fourth-order valence-electron chi connectivity index (χ4n) is 4.15. The van der Waals surface area contributed by atoms with Crippen LogP contribution < -0.4 is 10.3 Å². The minimum absolute atomic E-state index is 0.0923. The molecular weight excluding hydrogens is 390 g/mol. The van der Waals surface area contributed by atoms with Crippen molar-refractivity contribution in [1.29, 1.82) is 5.26 Å². The Morgan fingerprint density at radius 1 is 1.00 bits per heavy atom. The molecule has 154 valence electrons. The molecule has 0 N–H and O–H groups in total. The Hall–Kier alpha value is -3.85. The molecular formula is C25H21N3O3. The molecule has 2 aromatic carbocycles. The predicted octanol–water partition coefficient (Wildman–Crippen LogP) is 5.29. The van der Waals surface area contributed by atoms with Crippen LogP contribution in [-0.4, -0.2) is 18.1 Å². The molecule has 1 aliphatic rings. The zero-order valence-electron chi connectivity index (χ0n) is 17.2. The van der Waals surface area contributed by atoms with Gasteiger partial charge in [0.15, 0.2) is 11.0 Å². The van der Waals surface area contributed by atoms with Crippen molar-refractivity contribution in [2.75, 3.05) is 18.0 Å². The van der Waals surface area contributed by atoms with Crippen LogP contribution in [-0.2, 0) is 0 Å². The Balaban J connectivity index is 1.71. The fourth-order valence-corrected chi connectivity index (χ4v) is 4.15. The van der Waals surface area contributed by atoms with E-state index in [0.29, 0.717) is 33.7 Å². The van der Waals surface area contributed by atoms with E-state index in [9.17, 15) is 10.1 Å². The highest BCUT2D eigenvalue weighted by Gasteiger charge is 2.24. The van der Waals surface area contributed by atoms with Gasteiger partial charge in [0.05, 0.1) is 10.9 Å². The molecule has 0 amide bonds. The van der Waals surface area contributed by atoms with Crippen LogP contribution in [0.1, 0.15) is 30.5 Å². The summed E-state index contributed by atoms with van der Waals surface area (Å²) in [5, 5.41) is 10.1. The van der Waals surface area contributed by atoms with Crippen LogP contribution in [0.3, 0.4) is 0 Å². The van der Waals surface area contributed by atoms with Crippen LogP contribution in [0, 0.1) is 18.3 Å². The number of oxazole rings is 1. The van der Waals surface area contributed by atoms with E-state index in [1.165, 1.54) is 6.42 Å². The van der Waals surface area contributed by atoms with Gasteiger partial charge < -0.3 is 13.7 Å². The molecule has 0 saturated carbocycles. The lowest BCUT2D eigenvalue weighted by molar-refractivity contribution is 0.504. The van der Waals surface area contributed by atoms with Gasteiger partial charge in [-0.05, 0) is 38.3 Å². The van der Waals surface area contributed by atoms with Crippen molar-refractivity contribution in [3.63, 3.8) is 0 Å². The summed E-state index contributed by atoms with van der Waals surface area (Å²) in [4.78, 5) is 19.6. The van der Waals surface area contributed by atoms with E-state index in [-0.39, 0.29) is 17.0 Å². The Morgan fingerprint density at radius 3 is 2.52 bits per heavy atom. The lowest BCUT2D eigenvalue weighted by Gasteiger charge is -2.25. The smallest absolute Gasteiger partial charge is 0.235 e. The first-order chi connectivity index (χ1) is 15.2. The topological polar surface area (TPSA) is 83.3 Å². The lowest BCUT2D eigenvalue weighted by atomic mass is 10.0. The average molecular weight is 411 g/mol. The molecule has 0 spiro atoms. The Morgan fingerprint density at radius 2 is 1.77 bits per heavy atom. The van der Waals surface area contributed by atoms with Gasteiger partial charge in [0.1, 0.15) is 11.8 Å². The maximum atomic E-state index is 13.1. The molecule has 2 aromatic heterocycles. The molecule has 0 radical (unpaired) electrons. The first-order valence-electron chi connectivity index (χ1n) is 10.5. The van der Waals surface area contributed by atoms with Crippen molar-refractivity contribution in [2.45, 2.75) is 26.2 Å². The third kappa shape index (κ3) is 3.28. The van der Waals surface area contributed by atoms with Gasteiger partial charge in [-0.2, -0.15) is 10.2 Å². The van der Waals surface area contributed by atoms with E-state index in [4.69, 9.17) is 8.83 Å². The highest BCUT2D eigenvalue weighted by atomic mass is 16.4. The number of fused-ring (bicyclic) bond motifs is 1. The van der Waals surface area contributed by atoms with Crippen molar-refractivity contribution in [3.8, 4) is 28.8 Å². The molecule has 5 rings (SSSR count). The van der Waals surface area contributed by atoms with Crippen molar-refractivity contribution in [1.82, 2.24) is 4.98 Å². The Bertz CT molecular complexity index is 1360. The third-order valence-electron chi connectivity index (χ3n) is 5.77. The summed E-state index contributed by atoms with van der Waals surface area (Å²) in [6, 6.07) is 17.0. The number of hydrogen-bond donors (Lipinski definition) is 0. The molecule has 1 aliphatic heterocycles. The van der Waals surface area contributed by atoms with Crippen LogP contribution in [0.5, 0.6) is 0 Å². The summed E-state index contributed by atoms with van der Waals surface area (Å²) >= 11 is 0. The number of piperidine rings is 1. The first-order valence-corrected chi connectivity index (χ1v) is 10.5. The number of hydrogen-bond acceptors (Lipinski definition) is 6. The third-order valence-corrected chi connectivity index (χ3v) is 5.77. The molecule has 1 saturated heterocycles. The van der Waals surface area contributed by atoms with Gasteiger partial charge in [-0.15, -0.1) is 0 Å². The van der Waals surface area contributed by atoms with Crippen molar-refractivity contribution in [3.05, 3.63) is 70.0 Å². The molecule has 31 heavy (non-hydrogen) atoms. The molecule has 6 nitrogen and oxygen atoms in total. The molecule has 3 heterocycles. The molecule has 6 heteroatoms. The maximum absolute atomic E-state index is 13.1. The second-order valence-corrected chi connectivity index (χ2v) is 7.77. The summed E-state index contributed by atoms with van der Waals surface area (Å²) in [7, 11) is 0. The molecule has 4 aromatic rings. The van der Waals surface area contributed by atoms with Gasteiger partial charge in [0.25, 0.3) is 0 Å². The predicted molar refractivity (Wildman–Crippen MR) is 119 cm³/mol. The van der Waals surface area contributed by atoms with Crippen LogP contribution in [0.15, 0.2) is 62.2 Å². The van der Waals surface area contributed by atoms with E-state index in [1.54, 1.807) is 19.1 Å². The van der Waals surface area contributed by atoms with Gasteiger partial charge in [-0.1, -0.05) is 36.4 Å². The van der Waals surface area contributed by atoms with Crippen LogP contribution in [0.25, 0.3) is 33.7 Å². The second kappa shape index (κ2) is 7.77. The van der Waals surface area contributed by atoms with E-state index in [1.807, 2.05) is 36.4 Å². The van der Waals surface area contributed by atoms with E-state index in [2.05, 4.69) is 16.0 Å². The zero-order chi connectivity index (χ0) is 21.4.